The molecule has 2 aliphatic heterocycles. The Morgan fingerprint density at radius 1 is 1.10 bits per heavy atom. The third-order valence-corrected chi connectivity index (χ3v) is 5.74. The average molecular weight is 427 g/mol. The Hall–Kier alpha value is -2.74. The smallest absolute Gasteiger partial charge is 0.231 e. The molecule has 0 radical (unpaired) electrons. The summed E-state index contributed by atoms with van der Waals surface area (Å²) in [7, 11) is 0. The lowest BCUT2D eigenvalue weighted by molar-refractivity contribution is 0.171. The topological polar surface area (TPSA) is 67.2 Å². The molecule has 1 aromatic heterocycles. The number of aliphatic imine (C=N–C) groups is 1. The second-order valence-corrected chi connectivity index (χ2v) is 8.19. The Kier molecular flexibility index (Phi) is 6.96. The first-order valence-corrected chi connectivity index (χ1v) is 11.3. The molecular weight excluding hydrogens is 392 g/mol. The molecule has 3 heterocycles. The number of rotatable bonds is 7. The van der Waals surface area contributed by atoms with Crippen LogP contribution in [-0.2, 0) is 13.1 Å². The van der Waals surface area contributed by atoms with Crippen LogP contribution >= 0.6 is 0 Å². The number of benzene rings is 1. The highest BCUT2D eigenvalue weighted by atomic mass is 16.7. The van der Waals surface area contributed by atoms with E-state index in [1.165, 1.54) is 11.3 Å². The van der Waals surface area contributed by atoms with Gasteiger partial charge in [0.25, 0.3) is 0 Å². The van der Waals surface area contributed by atoms with E-state index in [9.17, 15) is 0 Å². The van der Waals surface area contributed by atoms with Crippen LogP contribution in [0.1, 0.15) is 30.3 Å². The monoisotopic (exact) mass is 426 g/mol. The summed E-state index contributed by atoms with van der Waals surface area (Å²) in [6.07, 6.45) is 0.987. The molecule has 1 aromatic carbocycles. The van der Waals surface area contributed by atoms with Crippen LogP contribution in [0.15, 0.2) is 29.3 Å². The van der Waals surface area contributed by atoms with Crippen LogP contribution in [0.25, 0.3) is 0 Å². The van der Waals surface area contributed by atoms with Crippen LogP contribution in [0, 0.1) is 13.8 Å². The van der Waals surface area contributed by atoms with Crippen LogP contribution in [0.3, 0.4) is 0 Å². The zero-order chi connectivity index (χ0) is 21.6. The molecule has 0 bridgehead atoms. The third-order valence-electron chi connectivity index (χ3n) is 5.74. The van der Waals surface area contributed by atoms with Gasteiger partial charge in [-0.3, -0.25) is 14.6 Å². The number of ether oxygens (including phenoxy) is 2. The Labute approximate surface area is 184 Å². The maximum Gasteiger partial charge on any atom is 0.231 e. The molecule has 0 unspecified atom stereocenters. The molecule has 0 atom stereocenters. The van der Waals surface area contributed by atoms with Gasteiger partial charge in [0.2, 0.25) is 6.79 Å². The lowest BCUT2D eigenvalue weighted by Crippen LogP contribution is -2.52. The summed E-state index contributed by atoms with van der Waals surface area (Å²) in [5.74, 6) is 2.73. The number of nitrogens with one attached hydrogen (secondary N) is 1. The number of hydrogen-bond donors (Lipinski definition) is 1. The van der Waals surface area contributed by atoms with E-state index in [0.717, 1.165) is 81.9 Å². The van der Waals surface area contributed by atoms with Gasteiger partial charge in [0, 0.05) is 58.1 Å². The van der Waals surface area contributed by atoms with E-state index in [0.29, 0.717) is 6.79 Å². The first-order chi connectivity index (χ1) is 15.1. The van der Waals surface area contributed by atoms with E-state index in [-0.39, 0.29) is 0 Å². The minimum atomic E-state index is 0.325. The number of piperazine rings is 1. The lowest BCUT2D eigenvalue weighted by Gasteiger charge is -2.36. The summed E-state index contributed by atoms with van der Waals surface area (Å²) >= 11 is 0. The van der Waals surface area contributed by atoms with Crippen molar-refractivity contribution in [2.45, 2.75) is 40.3 Å². The predicted molar refractivity (Wildman–Crippen MR) is 122 cm³/mol. The van der Waals surface area contributed by atoms with Crippen molar-refractivity contribution in [2.75, 3.05) is 46.1 Å². The summed E-state index contributed by atoms with van der Waals surface area (Å²) in [5.41, 5.74) is 3.56. The standard InChI is InChI=1S/C23H34N6O2/c1-4-24-23(25-8-5-9-29-19(3)14-18(2)26-29)28-12-10-27(11-13-28)16-20-6-7-21-22(15-20)31-17-30-21/h6-7,14-15H,4-5,8-13,16-17H2,1-3H3,(H,24,25). The highest BCUT2D eigenvalue weighted by Crippen LogP contribution is 2.32. The van der Waals surface area contributed by atoms with Gasteiger partial charge in [0.1, 0.15) is 0 Å². The molecule has 2 aromatic rings. The molecule has 168 valence electrons. The van der Waals surface area contributed by atoms with Gasteiger partial charge in [-0.15, -0.1) is 0 Å². The van der Waals surface area contributed by atoms with Crippen LogP contribution in [0.4, 0.5) is 0 Å². The molecule has 0 amide bonds. The summed E-state index contributed by atoms with van der Waals surface area (Å²) in [6, 6.07) is 8.36. The van der Waals surface area contributed by atoms with Crippen molar-refractivity contribution in [1.82, 2.24) is 24.9 Å². The number of hydrogen-bond acceptors (Lipinski definition) is 5. The van der Waals surface area contributed by atoms with E-state index in [1.54, 1.807) is 0 Å². The summed E-state index contributed by atoms with van der Waals surface area (Å²) in [5, 5.41) is 8.00. The van der Waals surface area contributed by atoms with E-state index in [2.05, 4.69) is 56.9 Å². The van der Waals surface area contributed by atoms with Gasteiger partial charge in [-0.2, -0.15) is 5.10 Å². The first-order valence-electron chi connectivity index (χ1n) is 11.3. The molecular formula is C23H34N6O2. The van der Waals surface area contributed by atoms with Gasteiger partial charge < -0.3 is 19.7 Å². The fourth-order valence-corrected chi connectivity index (χ4v) is 4.15. The van der Waals surface area contributed by atoms with Crippen LogP contribution in [0.2, 0.25) is 0 Å². The molecule has 1 saturated heterocycles. The fraction of sp³-hybridized carbons (Fsp3) is 0.565. The van der Waals surface area contributed by atoms with E-state index in [1.807, 2.05) is 13.0 Å². The largest absolute Gasteiger partial charge is 0.454 e. The van der Waals surface area contributed by atoms with Crippen molar-refractivity contribution < 1.29 is 9.47 Å². The molecule has 2 aliphatic rings. The van der Waals surface area contributed by atoms with Gasteiger partial charge in [-0.05, 0) is 51.0 Å². The molecule has 4 rings (SSSR count). The first kappa shape index (κ1) is 21.5. The fourth-order valence-electron chi connectivity index (χ4n) is 4.15. The molecule has 8 nitrogen and oxygen atoms in total. The molecule has 0 saturated carbocycles. The summed E-state index contributed by atoms with van der Waals surface area (Å²) in [4.78, 5) is 9.74. The van der Waals surface area contributed by atoms with Gasteiger partial charge in [0.05, 0.1) is 5.69 Å². The number of aryl methyl sites for hydroxylation is 3. The summed E-state index contributed by atoms with van der Waals surface area (Å²) in [6.45, 7) is 14.1. The van der Waals surface area contributed by atoms with Gasteiger partial charge in [-0.1, -0.05) is 6.07 Å². The lowest BCUT2D eigenvalue weighted by atomic mass is 10.1. The van der Waals surface area contributed by atoms with E-state index < -0.39 is 0 Å². The normalized spacial score (nSPS) is 16.7. The Morgan fingerprint density at radius 2 is 1.90 bits per heavy atom. The van der Waals surface area contributed by atoms with Crippen LogP contribution in [-0.4, -0.2) is 71.6 Å². The van der Waals surface area contributed by atoms with Crippen molar-refractivity contribution >= 4 is 5.96 Å². The average Bonchev–Trinajstić information content (AvgIpc) is 3.36. The molecule has 31 heavy (non-hydrogen) atoms. The minimum absolute atomic E-state index is 0.325. The van der Waals surface area contributed by atoms with Crippen molar-refractivity contribution in [1.29, 1.82) is 0 Å². The Balaban J connectivity index is 1.26. The maximum absolute atomic E-state index is 5.51. The van der Waals surface area contributed by atoms with Gasteiger partial charge in [0.15, 0.2) is 17.5 Å². The number of aromatic nitrogens is 2. The van der Waals surface area contributed by atoms with E-state index >= 15 is 0 Å². The molecule has 0 spiro atoms. The SMILES string of the molecule is CCNC(=NCCCn1nc(C)cc1C)N1CCN(Cc2ccc3c(c2)OCO3)CC1. The van der Waals surface area contributed by atoms with Crippen molar-refractivity contribution in [2.24, 2.45) is 4.99 Å². The van der Waals surface area contributed by atoms with Crippen LogP contribution in [0.5, 0.6) is 11.5 Å². The quantitative estimate of drug-likeness (QED) is 0.417. The van der Waals surface area contributed by atoms with Crippen LogP contribution < -0.4 is 14.8 Å². The van der Waals surface area contributed by atoms with Crippen molar-refractivity contribution in [3.8, 4) is 11.5 Å². The summed E-state index contributed by atoms with van der Waals surface area (Å²) < 4.78 is 13.0. The van der Waals surface area contributed by atoms with Gasteiger partial charge in [-0.25, -0.2) is 0 Å². The number of guanidine groups is 1. The highest BCUT2D eigenvalue weighted by Gasteiger charge is 2.21. The highest BCUT2D eigenvalue weighted by molar-refractivity contribution is 5.80. The zero-order valence-corrected chi connectivity index (χ0v) is 18.9. The van der Waals surface area contributed by atoms with Crippen molar-refractivity contribution in [3.05, 3.63) is 41.2 Å². The molecule has 1 fully saturated rings. The molecule has 0 aliphatic carbocycles. The molecule has 8 heteroatoms. The minimum Gasteiger partial charge on any atom is -0.454 e. The van der Waals surface area contributed by atoms with Gasteiger partial charge >= 0.3 is 0 Å². The second kappa shape index (κ2) is 10.0. The Bertz CT molecular complexity index is 901. The number of fused-ring (bicyclic) bond motifs is 1. The predicted octanol–water partition coefficient (Wildman–Crippen LogP) is 2.40. The number of nitrogens with zero attached hydrogens (tertiary/aromatic N) is 5. The third kappa shape index (κ3) is 5.50. The van der Waals surface area contributed by atoms with Crippen molar-refractivity contribution in [3.63, 3.8) is 0 Å². The second-order valence-electron chi connectivity index (χ2n) is 8.19. The zero-order valence-electron chi connectivity index (χ0n) is 18.9. The van der Waals surface area contributed by atoms with E-state index in [4.69, 9.17) is 14.5 Å². The molecule has 1 N–H and O–H groups in total. The Morgan fingerprint density at radius 3 is 2.65 bits per heavy atom. The maximum atomic E-state index is 5.51.